The number of thioether (sulfide) groups is 1. The zero-order valence-corrected chi connectivity index (χ0v) is 18.7. The average molecular weight is 420 g/mol. The SMILES string of the molecule is C=CCn1c(SCC(=O)N[C@H](C)C(C)C)nc2sc3c(c2c1=O)CC[C@H](C)C3. The largest absolute Gasteiger partial charge is 0.353 e. The zero-order chi connectivity index (χ0) is 20.4. The average Bonchev–Trinajstić information content (AvgIpc) is 2.99. The Morgan fingerprint density at radius 3 is 2.89 bits per heavy atom. The van der Waals surface area contributed by atoms with Crippen molar-refractivity contribution in [1.82, 2.24) is 14.9 Å². The van der Waals surface area contributed by atoms with Gasteiger partial charge in [0.25, 0.3) is 5.56 Å². The maximum absolute atomic E-state index is 13.2. The fourth-order valence-electron chi connectivity index (χ4n) is 3.40. The summed E-state index contributed by atoms with van der Waals surface area (Å²) in [5.74, 6) is 1.23. The number of hydrogen-bond donors (Lipinski definition) is 1. The molecule has 152 valence electrons. The normalized spacial score (nSPS) is 17.5. The molecule has 0 fully saturated rings. The lowest BCUT2D eigenvalue weighted by Crippen LogP contribution is -2.37. The van der Waals surface area contributed by atoms with Gasteiger partial charge in [-0.05, 0) is 43.6 Å². The van der Waals surface area contributed by atoms with Crippen molar-refractivity contribution >= 4 is 39.2 Å². The van der Waals surface area contributed by atoms with E-state index in [0.717, 1.165) is 29.5 Å². The predicted octanol–water partition coefficient (Wildman–Crippen LogP) is 4.02. The van der Waals surface area contributed by atoms with Crippen LogP contribution in [0.4, 0.5) is 0 Å². The first kappa shape index (κ1) is 21.1. The van der Waals surface area contributed by atoms with E-state index in [2.05, 4.69) is 32.7 Å². The van der Waals surface area contributed by atoms with Crippen molar-refractivity contribution in [3.05, 3.63) is 33.4 Å². The summed E-state index contributed by atoms with van der Waals surface area (Å²) in [7, 11) is 0. The van der Waals surface area contributed by atoms with Crippen LogP contribution >= 0.6 is 23.1 Å². The molecule has 2 atom stereocenters. The summed E-state index contributed by atoms with van der Waals surface area (Å²) >= 11 is 2.97. The van der Waals surface area contributed by atoms with Gasteiger partial charge in [0.1, 0.15) is 4.83 Å². The first-order chi connectivity index (χ1) is 13.3. The Balaban J connectivity index is 1.91. The molecule has 0 bridgehead atoms. The first-order valence-corrected chi connectivity index (χ1v) is 11.7. The molecule has 0 saturated carbocycles. The molecule has 0 spiro atoms. The van der Waals surface area contributed by atoms with Gasteiger partial charge in [-0.15, -0.1) is 17.9 Å². The second-order valence-electron chi connectivity index (χ2n) is 8.02. The molecule has 28 heavy (non-hydrogen) atoms. The molecule has 2 aromatic rings. The number of allylic oxidation sites excluding steroid dienone is 1. The van der Waals surface area contributed by atoms with Crippen molar-refractivity contribution in [2.24, 2.45) is 11.8 Å². The van der Waals surface area contributed by atoms with Crippen LogP contribution < -0.4 is 10.9 Å². The van der Waals surface area contributed by atoms with Crippen molar-refractivity contribution in [2.45, 2.75) is 64.7 Å². The minimum absolute atomic E-state index is 0.00425. The summed E-state index contributed by atoms with van der Waals surface area (Å²) in [4.78, 5) is 32.4. The van der Waals surface area contributed by atoms with Crippen LogP contribution in [0.25, 0.3) is 10.2 Å². The quantitative estimate of drug-likeness (QED) is 0.418. The Labute approximate surface area is 174 Å². The first-order valence-electron chi connectivity index (χ1n) is 9.90. The van der Waals surface area contributed by atoms with Gasteiger partial charge in [0.15, 0.2) is 5.16 Å². The number of rotatable bonds is 7. The highest BCUT2D eigenvalue weighted by atomic mass is 32.2. The third-order valence-electron chi connectivity index (χ3n) is 5.41. The number of thiophene rings is 1. The number of aryl methyl sites for hydroxylation is 1. The summed E-state index contributed by atoms with van der Waals surface area (Å²) in [6.45, 7) is 12.6. The van der Waals surface area contributed by atoms with E-state index < -0.39 is 0 Å². The van der Waals surface area contributed by atoms with Crippen LogP contribution in [0, 0.1) is 11.8 Å². The minimum atomic E-state index is -0.0370. The van der Waals surface area contributed by atoms with E-state index in [1.165, 1.54) is 22.2 Å². The van der Waals surface area contributed by atoms with Gasteiger partial charge in [0.05, 0.1) is 11.1 Å². The predicted molar refractivity (Wildman–Crippen MR) is 118 cm³/mol. The van der Waals surface area contributed by atoms with Gasteiger partial charge in [0.2, 0.25) is 5.91 Å². The van der Waals surface area contributed by atoms with Gasteiger partial charge >= 0.3 is 0 Å². The fourth-order valence-corrected chi connectivity index (χ4v) is 5.64. The molecule has 2 aromatic heterocycles. The lowest BCUT2D eigenvalue weighted by Gasteiger charge is -2.18. The lowest BCUT2D eigenvalue weighted by molar-refractivity contribution is -0.119. The fraction of sp³-hybridized carbons (Fsp3) is 0.571. The summed E-state index contributed by atoms with van der Waals surface area (Å²) in [5, 5.41) is 4.37. The number of fused-ring (bicyclic) bond motifs is 3. The van der Waals surface area contributed by atoms with E-state index in [4.69, 9.17) is 4.98 Å². The molecule has 1 aliphatic rings. The van der Waals surface area contributed by atoms with Crippen molar-refractivity contribution in [3.63, 3.8) is 0 Å². The third kappa shape index (κ3) is 4.35. The summed E-state index contributed by atoms with van der Waals surface area (Å²) < 4.78 is 1.66. The van der Waals surface area contributed by atoms with Crippen LogP contribution in [0.15, 0.2) is 22.6 Å². The van der Waals surface area contributed by atoms with E-state index in [-0.39, 0.29) is 23.3 Å². The third-order valence-corrected chi connectivity index (χ3v) is 7.54. The number of nitrogens with one attached hydrogen (secondary N) is 1. The van der Waals surface area contributed by atoms with Gasteiger partial charge in [-0.1, -0.05) is 38.6 Å². The van der Waals surface area contributed by atoms with E-state index in [0.29, 0.717) is 23.5 Å². The molecular formula is C21H29N3O2S2. The van der Waals surface area contributed by atoms with Gasteiger partial charge in [-0.2, -0.15) is 0 Å². The Morgan fingerprint density at radius 2 is 2.21 bits per heavy atom. The van der Waals surface area contributed by atoms with Gasteiger partial charge in [-0.25, -0.2) is 4.98 Å². The number of aromatic nitrogens is 2. The zero-order valence-electron chi connectivity index (χ0n) is 17.1. The van der Waals surface area contributed by atoms with Crippen LogP contribution in [-0.4, -0.2) is 27.3 Å². The highest BCUT2D eigenvalue weighted by Crippen LogP contribution is 2.36. The van der Waals surface area contributed by atoms with Crippen LogP contribution in [-0.2, 0) is 24.2 Å². The molecule has 0 aromatic carbocycles. The van der Waals surface area contributed by atoms with Crippen LogP contribution in [0.1, 0.15) is 44.6 Å². The Kier molecular flexibility index (Phi) is 6.65. The molecule has 1 amide bonds. The minimum Gasteiger partial charge on any atom is -0.353 e. The number of nitrogens with zero attached hydrogens (tertiary/aromatic N) is 2. The van der Waals surface area contributed by atoms with Crippen molar-refractivity contribution < 1.29 is 4.79 Å². The van der Waals surface area contributed by atoms with E-state index >= 15 is 0 Å². The Hall–Kier alpha value is -1.60. The molecule has 5 nitrogen and oxygen atoms in total. The van der Waals surface area contributed by atoms with Crippen molar-refractivity contribution in [1.29, 1.82) is 0 Å². The van der Waals surface area contributed by atoms with Gasteiger partial charge < -0.3 is 5.32 Å². The topological polar surface area (TPSA) is 64.0 Å². The van der Waals surface area contributed by atoms with Gasteiger partial charge in [-0.3, -0.25) is 14.2 Å². The highest BCUT2D eigenvalue weighted by Gasteiger charge is 2.24. The maximum atomic E-state index is 13.2. The molecular weight excluding hydrogens is 390 g/mol. The molecule has 7 heteroatoms. The number of amides is 1. The highest BCUT2D eigenvalue weighted by molar-refractivity contribution is 7.99. The summed E-state index contributed by atoms with van der Waals surface area (Å²) in [6, 6.07) is 0.116. The van der Waals surface area contributed by atoms with E-state index in [1.807, 2.05) is 6.92 Å². The smallest absolute Gasteiger partial charge is 0.263 e. The molecule has 0 aliphatic heterocycles. The molecule has 0 radical (unpaired) electrons. The van der Waals surface area contributed by atoms with Crippen LogP contribution in [0.5, 0.6) is 0 Å². The van der Waals surface area contributed by atoms with Crippen LogP contribution in [0.2, 0.25) is 0 Å². The number of carbonyl (C=O) groups is 1. The van der Waals surface area contributed by atoms with E-state index in [1.54, 1.807) is 22.0 Å². The number of hydrogen-bond acceptors (Lipinski definition) is 5. The van der Waals surface area contributed by atoms with Crippen molar-refractivity contribution in [2.75, 3.05) is 5.75 Å². The molecule has 0 saturated heterocycles. The van der Waals surface area contributed by atoms with E-state index in [9.17, 15) is 9.59 Å². The summed E-state index contributed by atoms with van der Waals surface area (Å²) in [6.07, 6.45) is 4.80. The maximum Gasteiger partial charge on any atom is 0.263 e. The molecule has 1 aliphatic carbocycles. The van der Waals surface area contributed by atoms with Crippen LogP contribution in [0.3, 0.4) is 0 Å². The monoisotopic (exact) mass is 419 g/mol. The molecule has 1 N–H and O–H groups in total. The Bertz CT molecular complexity index is 945. The Morgan fingerprint density at radius 1 is 1.46 bits per heavy atom. The second-order valence-corrected chi connectivity index (χ2v) is 10.0. The standard InChI is InChI=1S/C21H29N3O2S2/c1-6-9-24-20(26)18-15-8-7-13(4)10-16(15)28-19(18)23-21(24)27-11-17(25)22-14(5)12(2)3/h6,12-14H,1,7-11H2,2-5H3,(H,22,25)/t13-,14+/m0/s1. The number of carbonyl (C=O) groups excluding carboxylic acids is 1. The lowest BCUT2D eigenvalue weighted by atomic mass is 9.89. The van der Waals surface area contributed by atoms with Crippen molar-refractivity contribution in [3.8, 4) is 0 Å². The molecule has 0 unspecified atom stereocenters. The second kappa shape index (κ2) is 8.82. The van der Waals surface area contributed by atoms with Gasteiger partial charge in [0, 0.05) is 17.5 Å². The molecule has 2 heterocycles. The summed E-state index contributed by atoms with van der Waals surface area (Å²) in [5.41, 5.74) is 1.18. The molecule has 3 rings (SSSR count).